The van der Waals surface area contributed by atoms with Crippen LogP contribution in [0.15, 0.2) is 36.4 Å². The van der Waals surface area contributed by atoms with E-state index in [4.69, 9.17) is 23.2 Å². The molecule has 0 saturated heterocycles. The van der Waals surface area contributed by atoms with Crippen molar-refractivity contribution in [3.8, 4) is 0 Å². The van der Waals surface area contributed by atoms with Crippen molar-refractivity contribution in [3.63, 3.8) is 0 Å². The van der Waals surface area contributed by atoms with E-state index in [-0.39, 0.29) is 40.5 Å². The number of nitrogens with zero attached hydrogens (tertiary/aromatic N) is 3. The summed E-state index contributed by atoms with van der Waals surface area (Å²) < 4.78 is 29.9. The van der Waals surface area contributed by atoms with Gasteiger partial charge in [-0.15, -0.1) is 0 Å². The van der Waals surface area contributed by atoms with Crippen molar-refractivity contribution < 1.29 is 13.6 Å². The quantitative estimate of drug-likeness (QED) is 0.594. The van der Waals surface area contributed by atoms with Crippen molar-refractivity contribution in [1.82, 2.24) is 9.78 Å². The van der Waals surface area contributed by atoms with Gasteiger partial charge in [0.15, 0.2) is 11.5 Å². The Morgan fingerprint density at radius 2 is 1.96 bits per heavy atom. The van der Waals surface area contributed by atoms with Crippen LogP contribution in [0.4, 0.5) is 14.5 Å². The number of amides is 1. The number of benzene rings is 2. The molecule has 4 nitrogen and oxygen atoms in total. The van der Waals surface area contributed by atoms with E-state index in [2.05, 4.69) is 5.10 Å². The van der Waals surface area contributed by atoms with E-state index in [1.54, 1.807) is 18.2 Å². The molecular formula is C20H15Cl2F2N3O. The van der Waals surface area contributed by atoms with Gasteiger partial charge >= 0.3 is 0 Å². The number of hydrogen-bond donors (Lipinski definition) is 0. The first kappa shape index (κ1) is 18.9. The zero-order valence-electron chi connectivity index (χ0n) is 14.8. The van der Waals surface area contributed by atoms with E-state index in [1.807, 2.05) is 6.92 Å². The summed E-state index contributed by atoms with van der Waals surface area (Å²) in [4.78, 5) is 14.2. The maximum atomic E-state index is 14.4. The molecule has 0 fully saturated rings. The Morgan fingerprint density at radius 1 is 1.18 bits per heavy atom. The van der Waals surface area contributed by atoms with Gasteiger partial charge in [-0.2, -0.15) is 5.10 Å². The third-order valence-electron chi connectivity index (χ3n) is 4.76. The van der Waals surface area contributed by atoms with Gasteiger partial charge in [0.2, 0.25) is 0 Å². The minimum absolute atomic E-state index is 0.0606. The summed E-state index contributed by atoms with van der Waals surface area (Å²) in [6.45, 7) is 2.20. The molecule has 2 heterocycles. The van der Waals surface area contributed by atoms with Crippen LogP contribution in [0.3, 0.4) is 0 Å². The smallest absolute Gasteiger partial charge is 0.279 e. The third kappa shape index (κ3) is 3.16. The topological polar surface area (TPSA) is 38.1 Å². The normalized spacial score (nSPS) is 13.8. The molecule has 28 heavy (non-hydrogen) atoms. The van der Waals surface area contributed by atoms with E-state index in [0.717, 1.165) is 5.56 Å². The van der Waals surface area contributed by atoms with Gasteiger partial charge < -0.3 is 4.90 Å². The van der Waals surface area contributed by atoms with Crippen LogP contribution >= 0.6 is 23.2 Å². The van der Waals surface area contributed by atoms with Crippen LogP contribution in [0.25, 0.3) is 0 Å². The molecule has 2 aromatic carbocycles. The molecule has 3 aromatic rings. The standard InChI is InChI=1S/C20H15Cl2F2N3O/c1-11-5-6-15(23)12(9-11)10-27-19(22)13-7-8-26(20(28)18(13)25-27)16-4-2-3-14(21)17(16)24/h2-6,9H,7-8,10H2,1H3. The number of aromatic nitrogens is 2. The predicted octanol–water partition coefficient (Wildman–Crippen LogP) is 5.03. The van der Waals surface area contributed by atoms with Crippen LogP contribution in [-0.2, 0) is 13.0 Å². The molecular weight excluding hydrogens is 407 g/mol. The number of halogens is 4. The van der Waals surface area contributed by atoms with Crippen molar-refractivity contribution in [2.24, 2.45) is 0 Å². The molecule has 1 aliphatic heterocycles. The molecule has 0 saturated carbocycles. The number of aryl methyl sites for hydroxylation is 1. The first-order chi connectivity index (χ1) is 13.4. The molecule has 4 rings (SSSR count). The Kier molecular flexibility index (Phi) is 4.85. The van der Waals surface area contributed by atoms with Gasteiger partial charge in [-0.25, -0.2) is 13.5 Å². The van der Waals surface area contributed by atoms with E-state index < -0.39 is 11.7 Å². The molecule has 0 aliphatic carbocycles. The maximum absolute atomic E-state index is 14.4. The number of anilines is 1. The molecule has 144 valence electrons. The second kappa shape index (κ2) is 7.18. The fraction of sp³-hybridized carbons (Fsp3) is 0.200. The first-order valence-electron chi connectivity index (χ1n) is 8.63. The summed E-state index contributed by atoms with van der Waals surface area (Å²) in [6, 6.07) is 9.26. The fourth-order valence-corrected chi connectivity index (χ4v) is 3.80. The third-order valence-corrected chi connectivity index (χ3v) is 5.47. The largest absolute Gasteiger partial charge is 0.304 e. The lowest BCUT2D eigenvalue weighted by molar-refractivity contribution is 0.0974. The highest BCUT2D eigenvalue weighted by Crippen LogP contribution is 2.32. The lowest BCUT2D eigenvalue weighted by atomic mass is 10.1. The van der Waals surface area contributed by atoms with Gasteiger partial charge in [-0.05, 0) is 31.5 Å². The molecule has 0 spiro atoms. The zero-order chi connectivity index (χ0) is 20.0. The van der Waals surface area contributed by atoms with Crippen molar-refractivity contribution in [1.29, 1.82) is 0 Å². The minimum atomic E-state index is -0.659. The maximum Gasteiger partial charge on any atom is 0.279 e. The predicted molar refractivity (Wildman–Crippen MR) is 104 cm³/mol. The van der Waals surface area contributed by atoms with Crippen molar-refractivity contribution >= 4 is 34.8 Å². The van der Waals surface area contributed by atoms with E-state index in [0.29, 0.717) is 17.5 Å². The van der Waals surface area contributed by atoms with Gasteiger partial charge in [0.25, 0.3) is 5.91 Å². The molecule has 8 heteroatoms. The van der Waals surface area contributed by atoms with Gasteiger partial charge in [0.1, 0.15) is 11.0 Å². The minimum Gasteiger partial charge on any atom is -0.304 e. The molecule has 1 amide bonds. The highest BCUT2D eigenvalue weighted by Gasteiger charge is 2.33. The second-order valence-electron chi connectivity index (χ2n) is 6.65. The number of rotatable bonds is 3. The molecule has 0 bridgehead atoms. The van der Waals surface area contributed by atoms with Crippen LogP contribution < -0.4 is 4.90 Å². The molecule has 0 unspecified atom stereocenters. The average molecular weight is 422 g/mol. The summed E-state index contributed by atoms with van der Waals surface area (Å²) in [5, 5.41) is 4.52. The number of carbonyl (C=O) groups excluding carboxylic acids is 1. The van der Waals surface area contributed by atoms with Crippen molar-refractivity contribution in [2.45, 2.75) is 19.9 Å². The molecule has 1 aromatic heterocycles. The monoisotopic (exact) mass is 421 g/mol. The van der Waals surface area contributed by atoms with E-state index >= 15 is 0 Å². The van der Waals surface area contributed by atoms with Crippen LogP contribution in [-0.4, -0.2) is 22.2 Å². The first-order valence-corrected chi connectivity index (χ1v) is 9.38. The number of fused-ring (bicyclic) bond motifs is 1. The fourth-order valence-electron chi connectivity index (χ4n) is 3.35. The van der Waals surface area contributed by atoms with Crippen LogP contribution in [0, 0.1) is 18.6 Å². The van der Waals surface area contributed by atoms with Crippen LogP contribution in [0.5, 0.6) is 0 Å². The Labute approximate surface area is 170 Å². The number of hydrogen-bond acceptors (Lipinski definition) is 2. The Bertz CT molecular complexity index is 1100. The van der Waals surface area contributed by atoms with E-state index in [9.17, 15) is 13.6 Å². The lowest BCUT2D eigenvalue weighted by Gasteiger charge is -2.26. The summed E-state index contributed by atoms with van der Waals surface area (Å²) in [5.41, 5.74) is 2.15. The van der Waals surface area contributed by atoms with Crippen LogP contribution in [0.2, 0.25) is 10.2 Å². The van der Waals surface area contributed by atoms with Gasteiger partial charge in [0, 0.05) is 17.7 Å². The Balaban J connectivity index is 1.70. The Morgan fingerprint density at radius 3 is 2.75 bits per heavy atom. The highest BCUT2D eigenvalue weighted by molar-refractivity contribution is 6.32. The van der Waals surface area contributed by atoms with Gasteiger partial charge in [-0.1, -0.05) is 47.0 Å². The summed E-state index contributed by atoms with van der Waals surface area (Å²) in [6.07, 6.45) is 0.405. The van der Waals surface area contributed by atoms with Crippen LogP contribution in [0.1, 0.15) is 27.2 Å². The molecule has 0 N–H and O–H groups in total. The van der Waals surface area contributed by atoms with Gasteiger partial charge in [0.05, 0.1) is 17.3 Å². The average Bonchev–Trinajstić information content (AvgIpc) is 2.98. The Hall–Kier alpha value is -2.44. The summed E-state index contributed by atoms with van der Waals surface area (Å²) in [7, 11) is 0. The second-order valence-corrected chi connectivity index (χ2v) is 7.42. The SMILES string of the molecule is Cc1ccc(F)c(Cn2nc3c(c2Cl)CCN(c2cccc(Cl)c2F)C3=O)c1. The van der Waals surface area contributed by atoms with Gasteiger partial charge in [-0.3, -0.25) is 4.79 Å². The lowest BCUT2D eigenvalue weighted by Crippen LogP contribution is -2.38. The van der Waals surface area contributed by atoms with E-state index in [1.165, 1.54) is 27.8 Å². The van der Waals surface area contributed by atoms with Crippen molar-refractivity contribution in [2.75, 3.05) is 11.4 Å². The number of carbonyl (C=O) groups is 1. The molecule has 1 aliphatic rings. The summed E-state index contributed by atoms with van der Waals surface area (Å²) >= 11 is 12.3. The highest BCUT2D eigenvalue weighted by atomic mass is 35.5. The molecule has 0 radical (unpaired) electrons. The zero-order valence-corrected chi connectivity index (χ0v) is 16.4. The summed E-state index contributed by atoms with van der Waals surface area (Å²) in [5.74, 6) is -1.50. The molecule has 0 atom stereocenters. The van der Waals surface area contributed by atoms with Crippen molar-refractivity contribution in [3.05, 3.63) is 80.6 Å².